The molecule has 1 aliphatic rings. The monoisotopic (exact) mass is 251 g/mol. The second kappa shape index (κ2) is 6.38. The number of likely N-dealkylation sites (N-methyl/N-ethyl adjacent to an activating group) is 2. The smallest absolute Gasteiger partial charge is 0.0340 e. The molecule has 0 aliphatic carbocycles. The molecule has 0 amide bonds. The van der Waals surface area contributed by atoms with Crippen molar-refractivity contribution in [3.8, 4) is 0 Å². The summed E-state index contributed by atoms with van der Waals surface area (Å²) in [6.45, 7) is 1.20. The molecule has 94 valence electrons. The maximum absolute atomic E-state index is 4.07. The second-order valence-electron chi connectivity index (χ2n) is 4.58. The van der Waals surface area contributed by atoms with Gasteiger partial charge >= 0.3 is 0 Å². The molecule has 2 heterocycles. The Bertz CT molecular complexity index is 331. The number of hydrogen-bond donors (Lipinski definition) is 1. The van der Waals surface area contributed by atoms with E-state index < -0.39 is 0 Å². The number of hydrogen-bond acceptors (Lipinski definition) is 4. The average Bonchev–Trinajstić information content (AvgIpc) is 2.38. The number of aromatic nitrogens is 1. The van der Waals surface area contributed by atoms with Gasteiger partial charge in [0.15, 0.2) is 0 Å². The summed E-state index contributed by atoms with van der Waals surface area (Å²) in [5.41, 5.74) is 1.36. The van der Waals surface area contributed by atoms with E-state index in [9.17, 15) is 0 Å². The maximum atomic E-state index is 4.07. The zero-order valence-corrected chi connectivity index (χ0v) is 11.4. The van der Waals surface area contributed by atoms with Crippen LogP contribution in [0.4, 0.5) is 0 Å². The third-order valence-electron chi connectivity index (χ3n) is 3.48. The fraction of sp³-hybridized carbons (Fsp3) is 0.615. The topological polar surface area (TPSA) is 28.2 Å². The molecule has 1 N–H and O–H groups in total. The van der Waals surface area contributed by atoms with Gasteiger partial charge in [-0.05, 0) is 38.2 Å². The Balaban J connectivity index is 2.00. The molecule has 0 aromatic carbocycles. The maximum Gasteiger partial charge on any atom is 0.0340 e. The summed E-state index contributed by atoms with van der Waals surface area (Å²) in [5, 5.41) is 3.48. The number of nitrogens with one attached hydrogen (secondary N) is 1. The standard InChI is InChI=1S/C13H21N3S/c1-14-12(9-11-3-5-15-6-4-11)13-10-17-8-7-16(13)2/h3-6,12-14H,7-10H2,1-2H3. The fourth-order valence-corrected chi connectivity index (χ4v) is 3.64. The summed E-state index contributed by atoms with van der Waals surface area (Å²) in [6, 6.07) is 5.38. The molecule has 0 bridgehead atoms. The van der Waals surface area contributed by atoms with Gasteiger partial charge in [-0.2, -0.15) is 11.8 Å². The van der Waals surface area contributed by atoms with Gasteiger partial charge in [0, 0.05) is 42.5 Å². The summed E-state index contributed by atoms with van der Waals surface area (Å²) in [7, 11) is 4.31. The predicted molar refractivity (Wildman–Crippen MR) is 74.5 cm³/mol. The van der Waals surface area contributed by atoms with Crippen molar-refractivity contribution >= 4 is 11.8 Å². The first-order valence-corrected chi connectivity index (χ1v) is 7.31. The van der Waals surface area contributed by atoms with Crippen molar-refractivity contribution in [1.82, 2.24) is 15.2 Å². The van der Waals surface area contributed by atoms with E-state index >= 15 is 0 Å². The van der Waals surface area contributed by atoms with Crippen molar-refractivity contribution in [1.29, 1.82) is 0 Å². The van der Waals surface area contributed by atoms with Crippen LogP contribution in [-0.2, 0) is 6.42 Å². The first-order valence-electron chi connectivity index (χ1n) is 6.15. The lowest BCUT2D eigenvalue weighted by Crippen LogP contribution is -2.52. The van der Waals surface area contributed by atoms with E-state index in [-0.39, 0.29) is 0 Å². The first kappa shape index (κ1) is 12.9. The van der Waals surface area contributed by atoms with Crippen LogP contribution < -0.4 is 5.32 Å². The third-order valence-corrected chi connectivity index (χ3v) is 4.53. The molecular formula is C13H21N3S. The minimum Gasteiger partial charge on any atom is -0.315 e. The molecule has 2 unspecified atom stereocenters. The number of rotatable bonds is 4. The van der Waals surface area contributed by atoms with Gasteiger partial charge in [0.25, 0.3) is 0 Å². The summed E-state index contributed by atoms with van der Waals surface area (Å²) < 4.78 is 0. The van der Waals surface area contributed by atoms with Gasteiger partial charge in [-0.1, -0.05) is 0 Å². The highest BCUT2D eigenvalue weighted by Crippen LogP contribution is 2.19. The first-order chi connectivity index (χ1) is 8.31. The van der Waals surface area contributed by atoms with Crippen LogP contribution in [0.3, 0.4) is 0 Å². The van der Waals surface area contributed by atoms with Gasteiger partial charge in [0.05, 0.1) is 0 Å². The van der Waals surface area contributed by atoms with E-state index in [1.165, 1.54) is 23.6 Å². The second-order valence-corrected chi connectivity index (χ2v) is 5.73. The Kier molecular flexibility index (Phi) is 4.83. The summed E-state index contributed by atoms with van der Waals surface area (Å²) in [5.74, 6) is 2.49. The molecule has 2 atom stereocenters. The van der Waals surface area contributed by atoms with Gasteiger partial charge in [-0.3, -0.25) is 4.98 Å². The van der Waals surface area contributed by atoms with Crippen LogP contribution >= 0.6 is 11.8 Å². The lowest BCUT2D eigenvalue weighted by molar-refractivity contribution is 0.219. The van der Waals surface area contributed by atoms with Crippen LogP contribution in [0.5, 0.6) is 0 Å². The molecule has 1 fully saturated rings. The fourth-order valence-electron chi connectivity index (χ4n) is 2.33. The van der Waals surface area contributed by atoms with Gasteiger partial charge in [-0.15, -0.1) is 0 Å². The highest BCUT2D eigenvalue weighted by atomic mass is 32.2. The van der Waals surface area contributed by atoms with Crippen LogP contribution in [0.2, 0.25) is 0 Å². The molecule has 0 radical (unpaired) electrons. The minimum absolute atomic E-state index is 0.523. The Labute approximate surface area is 108 Å². The molecule has 1 aliphatic heterocycles. The predicted octanol–water partition coefficient (Wildman–Crippen LogP) is 1.26. The number of pyridine rings is 1. The highest BCUT2D eigenvalue weighted by Gasteiger charge is 2.26. The van der Waals surface area contributed by atoms with Gasteiger partial charge in [0.1, 0.15) is 0 Å². The van der Waals surface area contributed by atoms with Crippen LogP contribution in [0, 0.1) is 0 Å². The zero-order valence-electron chi connectivity index (χ0n) is 10.6. The Morgan fingerprint density at radius 2 is 2.29 bits per heavy atom. The molecular weight excluding hydrogens is 230 g/mol. The van der Waals surface area contributed by atoms with Crippen molar-refractivity contribution in [3.63, 3.8) is 0 Å². The van der Waals surface area contributed by atoms with E-state index in [0.29, 0.717) is 12.1 Å². The van der Waals surface area contributed by atoms with Crippen LogP contribution in [0.25, 0.3) is 0 Å². The lowest BCUT2D eigenvalue weighted by Gasteiger charge is -2.37. The molecule has 0 spiro atoms. The van der Waals surface area contributed by atoms with Crippen molar-refractivity contribution in [2.75, 3.05) is 32.1 Å². The van der Waals surface area contributed by atoms with Crippen molar-refractivity contribution in [2.45, 2.75) is 18.5 Å². The SMILES string of the molecule is CNC(Cc1ccncc1)C1CSCCN1C. The van der Waals surface area contributed by atoms with E-state index in [1.807, 2.05) is 12.4 Å². The molecule has 1 saturated heterocycles. The third kappa shape index (κ3) is 3.44. The largest absolute Gasteiger partial charge is 0.315 e. The van der Waals surface area contributed by atoms with Crippen LogP contribution in [-0.4, -0.2) is 54.1 Å². The van der Waals surface area contributed by atoms with Gasteiger partial charge in [0.2, 0.25) is 0 Å². The Morgan fingerprint density at radius 3 is 2.94 bits per heavy atom. The van der Waals surface area contributed by atoms with Crippen molar-refractivity contribution in [3.05, 3.63) is 30.1 Å². The summed E-state index contributed by atoms with van der Waals surface area (Å²) in [6.07, 6.45) is 4.83. The van der Waals surface area contributed by atoms with Gasteiger partial charge in [-0.25, -0.2) is 0 Å². The van der Waals surface area contributed by atoms with Gasteiger partial charge < -0.3 is 10.2 Å². The minimum atomic E-state index is 0.523. The molecule has 4 heteroatoms. The summed E-state index contributed by atoms with van der Waals surface area (Å²) >= 11 is 2.07. The molecule has 1 aromatic heterocycles. The zero-order chi connectivity index (χ0) is 12.1. The number of nitrogens with zero attached hydrogens (tertiary/aromatic N) is 2. The molecule has 2 rings (SSSR count). The Hall–Kier alpha value is -0.580. The quantitative estimate of drug-likeness (QED) is 0.872. The molecule has 1 aromatic rings. The Morgan fingerprint density at radius 1 is 1.53 bits per heavy atom. The highest BCUT2D eigenvalue weighted by molar-refractivity contribution is 7.99. The van der Waals surface area contributed by atoms with E-state index in [0.717, 1.165) is 6.42 Å². The average molecular weight is 251 g/mol. The molecule has 0 saturated carbocycles. The van der Waals surface area contributed by atoms with Crippen molar-refractivity contribution in [2.24, 2.45) is 0 Å². The lowest BCUT2D eigenvalue weighted by atomic mass is 10.0. The van der Waals surface area contributed by atoms with E-state index in [2.05, 4.69) is 53.2 Å². The molecule has 3 nitrogen and oxygen atoms in total. The van der Waals surface area contributed by atoms with Crippen LogP contribution in [0.1, 0.15) is 5.56 Å². The van der Waals surface area contributed by atoms with Crippen LogP contribution in [0.15, 0.2) is 24.5 Å². The summed E-state index contributed by atoms with van der Waals surface area (Å²) in [4.78, 5) is 6.56. The van der Waals surface area contributed by atoms with Crippen molar-refractivity contribution < 1.29 is 0 Å². The normalized spacial score (nSPS) is 23.5. The molecule has 17 heavy (non-hydrogen) atoms. The number of thioether (sulfide) groups is 1. The van der Waals surface area contributed by atoms with E-state index in [4.69, 9.17) is 0 Å². The van der Waals surface area contributed by atoms with E-state index in [1.54, 1.807) is 0 Å².